The predicted octanol–water partition coefficient (Wildman–Crippen LogP) is 4.86. The number of anilines is 1. The number of aldehydes is 1. The highest BCUT2D eigenvalue weighted by Gasteiger charge is 2.17. The number of rotatable bonds is 4. The molecule has 0 bridgehead atoms. The van der Waals surface area contributed by atoms with Gasteiger partial charge in [-0.3, -0.25) is 5.32 Å². The SMILES string of the molecule is Cc1cc(=O)oc2cc(-c3ccc(NC(=O)OC(C)(C)C)c(CC=O)c3)ccc12. The summed E-state index contributed by atoms with van der Waals surface area (Å²) >= 11 is 0. The molecule has 6 heteroatoms. The molecule has 3 rings (SSSR count). The molecule has 0 fully saturated rings. The van der Waals surface area contributed by atoms with E-state index in [1.165, 1.54) is 6.07 Å². The summed E-state index contributed by atoms with van der Waals surface area (Å²) in [6.45, 7) is 7.20. The van der Waals surface area contributed by atoms with Gasteiger partial charge in [-0.25, -0.2) is 9.59 Å². The zero-order valence-electron chi connectivity index (χ0n) is 16.9. The molecule has 0 unspecified atom stereocenters. The van der Waals surface area contributed by atoms with Crippen molar-refractivity contribution in [3.63, 3.8) is 0 Å². The molecular weight excluding hydrogens is 370 g/mol. The Hall–Kier alpha value is -3.41. The van der Waals surface area contributed by atoms with Crippen molar-refractivity contribution in [1.82, 2.24) is 0 Å². The van der Waals surface area contributed by atoms with Crippen LogP contribution in [0.4, 0.5) is 10.5 Å². The number of hydrogen-bond acceptors (Lipinski definition) is 5. The van der Waals surface area contributed by atoms with Crippen LogP contribution >= 0.6 is 0 Å². The van der Waals surface area contributed by atoms with Gasteiger partial charge in [0.1, 0.15) is 17.5 Å². The van der Waals surface area contributed by atoms with Crippen molar-refractivity contribution in [3.05, 3.63) is 64.0 Å². The minimum Gasteiger partial charge on any atom is -0.444 e. The smallest absolute Gasteiger partial charge is 0.412 e. The Bertz CT molecular complexity index is 1140. The summed E-state index contributed by atoms with van der Waals surface area (Å²) in [5, 5.41) is 3.56. The first-order chi connectivity index (χ1) is 13.7. The van der Waals surface area contributed by atoms with Crippen LogP contribution < -0.4 is 10.9 Å². The molecule has 0 aliphatic rings. The second-order valence-corrected chi connectivity index (χ2v) is 7.83. The Labute approximate surface area is 168 Å². The van der Waals surface area contributed by atoms with Crippen LogP contribution in [-0.4, -0.2) is 18.0 Å². The van der Waals surface area contributed by atoms with Crippen LogP contribution in [0.25, 0.3) is 22.1 Å². The minimum atomic E-state index is -0.623. The minimum absolute atomic E-state index is 0.140. The molecule has 0 saturated heterocycles. The standard InChI is InChI=1S/C23H23NO5/c1-14-11-21(26)28-20-13-16(5-7-18(14)20)15-6-8-19(17(12-15)9-10-25)24-22(27)29-23(2,3)4/h5-8,10-13H,9H2,1-4H3,(H,24,27). The first-order valence-corrected chi connectivity index (χ1v) is 9.28. The summed E-state index contributed by atoms with van der Waals surface area (Å²) < 4.78 is 10.6. The highest BCUT2D eigenvalue weighted by atomic mass is 16.6. The molecule has 2 aromatic carbocycles. The molecule has 1 aromatic heterocycles. The Morgan fingerprint density at radius 1 is 1.10 bits per heavy atom. The van der Waals surface area contributed by atoms with E-state index < -0.39 is 17.3 Å². The van der Waals surface area contributed by atoms with E-state index in [0.29, 0.717) is 16.8 Å². The molecule has 3 aromatic rings. The molecule has 0 aliphatic carbocycles. The lowest BCUT2D eigenvalue weighted by molar-refractivity contribution is -0.107. The number of nitrogens with one attached hydrogen (secondary N) is 1. The van der Waals surface area contributed by atoms with E-state index in [4.69, 9.17) is 9.15 Å². The second-order valence-electron chi connectivity index (χ2n) is 7.83. The van der Waals surface area contributed by atoms with Crippen molar-refractivity contribution in [2.45, 2.75) is 39.7 Å². The number of aryl methyl sites for hydroxylation is 1. The van der Waals surface area contributed by atoms with Crippen LogP contribution in [0.3, 0.4) is 0 Å². The Morgan fingerprint density at radius 2 is 1.79 bits per heavy atom. The van der Waals surface area contributed by atoms with Gasteiger partial charge < -0.3 is 13.9 Å². The first kappa shape index (κ1) is 20.3. The van der Waals surface area contributed by atoms with E-state index >= 15 is 0 Å². The third-order valence-corrected chi connectivity index (χ3v) is 4.33. The molecule has 0 radical (unpaired) electrons. The van der Waals surface area contributed by atoms with Gasteiger partial charge in [-0.15, -0.1) is 0 Å². The average molecular weight is 393 g/mol. The van der Waals surface area contributed by atoms with Gasteiger partial charge in [-0.05, 0) is 68.1 Å². The lowest BCUT2D eigenvalue weighted by atomic mass is 9.99. The van der Waals surface area contributed by atoms with Crippen molar-refractivity contribution in [3.8, 4) is 11.1 Å². The van der Waals surface area contributed by atoms with Crippen LogP contribution in [0.1, 0.15) is 31.9 Å². The van der Waals surface area contributed by atoms with Gasteiger partial charge in [0, 0.05) is 23.6 Å². The Kier molecular flexibility index (Phi) is 5.55. The number of hydrogen-bond donors (Lipinski definition) is 1. The third-order valence-electron chi connectivity index (χ3n) is 4.33. The van der Waals surface area contributed by atoms with E-state index in [9.17, 15) is 14.4 Å². The summed E-state index contributed by atoms with van der Waals surface area (Å²) in [5.41, 5.74) is 3.17. The van der Waals surface area contributed by atoms with Gasteiger partial charge in [-0.2, -0.15) is 0 Å². The fourth-order valence-corrected chi connectivity index (χ4v) is 3.07. The maximum Gasteiger partial charge on any atom is 0.412 e. The predicted molar refractivity (Wildman–Crippen MR) is 112 cm³/mol. The fraction of sp³-hybridized carbons (Fsp3) is 0.261. The molecule has 1 heterocycles. The van der Waals surface area contributed by atoms with Gasteiger partial charge in [0.25, 0.3) is 0 Å². The van der Waals surface area contributed by atoms with Crippen LogP contribution in [0.2, 0.25) is 0 Å². The molecule has 0 spiro atoms. The normalized spacial score (nSPS) is 11.3. The van der Waals surface area contributed by atoms with Crippen molar-refractivity contribution < 1.29 is 18.7 Å². The fourth-order valence-electron chi connectivity index (χ4n) is 3.07. The number of fused-ring (bicyclic) bond motifs is 1. The summed E-state index contributed by atoms with van der Waals surface area (Å²) in [7, 11) is 0. The monoisotopic (exact) mass is 393 g/mol. The highest BCUT2D eigenvalue weighted by Crippen LogP contribution is 2.29. The molecular formula is C23H23NO5. The number of carbonyl (C=O) groups excluding carboxylic acids is 2. The Morgan fingerprint density at radius 3 is 2.48 bits per heavy atom. The molecule has 150 valence electrons. The molecule has 0 saturated carbocycles. The quantitative estimate of drug-likeness (QED) is 0.505. The van der Waals surface area contributed by atoms with Gasteiger partial charge in [-0.1, -0.05) is 18.2 Å². The summed E-state index contributed by atoms with van der Waals surface area (Å²) in [6, 6.07) is 12.5. The molecule has 0 atom stereocenters. The second kappa shape index (κ2) is 7.91. The average Bonchev–Trinajstić information content (AvgIpc) is 2.61. The number of ether oxygens (including phenoxy) is 1. The van der Waals surface area contributed by atoms with E-state index in [1.807, 2.05) is 31.2 Å². The zero-order valence-corrected chi connectivity index (χ0v) is 16.9. The number of carbonyl (C=O) groups is 2. The Balaban J connectivity index is 1.97. The number of benzene rings is 2. The lowest BCUT2D eigenvalue weighted by Crippen LogP contribution is -2.27. The first-order valence-electron chi connectivity index (χ1n) is 9.28. The topological polar surface area (TPSA) is 85.6 Å². The largest absolute Gasteiger partial charge is 0.444 e. The van der Waals surface area contributed by atoms with E-state index in [-0.39, 0.29) is 6.42 Å². The summed E-state index contributed by atoms with van der Waals surface area (Å²) in [4.78, 5) is 34.9. The molecule has 1 amide bonds. The maximum absolute atomic E-state index is 12.1. The lowest BCUT2D eigenvalue weighted by Gasteiger charge is -2.20. The van der Waals surface area contributed by atoms with Crippen molar-refractivity contribution >= 4 is 29.0 Å². The van der Waals surface area contributed by atoms with Crippen molar-refractivity contribution in [1.29, 1.82) is 0 Å². The van der Waals surface area contributed by atoms with Crippen LogP contribution in [-0.2, 0) is 16.0 Å². The van der Waals surface area contributed by atoms with E-state index in [0.717, 1.165) is 28.4 Å². The van der Waals surface area contributed by atoms with Crippen molar-refractivity contribution in [2.75, 3.05) is 5.32 Å². The van der Waals surface area contributed by atoms with E-state index in [2.05, 4.69) is 5.32 Å². The third kappa shape index (κ3) is 4.90. The molecule has 0 aliphatic heterocycles. The molecule has 29 heavy (non-hydrogen) atoms. The molecule has 6 nitrogen and oxygen atoms in total. The van der Waals surface area contributed by atoms with Gasteiger partial charge in [0.15, 0.2) is 0 Å². The zero-order chi connectivity index (χ0) is 21.2. The van der Waals surface area contributed by atoms with Crippen LogP contribution in [0, 0.1) is 6.92 Å². The van der Waals surface area contributed by atoms with Crippen LogP contribution in [0.15, 0.2) is 51.7 Å². The van der Waals surface area contributed by atoms with Crippen molar-refractivity contribution in [2.24, 2.45) is 0 Å². The van der Waals surface area contributed by atoms with Crippen LogP contribution in [0.5, 0.6) is 0 Å². The van der Waals surface area contributed by atoms with Gasteiger partial charge in [0.2, 0.25) is 0 Å². The van der Waals surface area contributed by atoms with Gasteiger partial charge >= 0.3 is 11.7 Å². The van der Waals surface area contributed by atoms with E-state index in [1.54, 1.807) is 32.9 Å². The summed E-state index contributed by atoms with van der Waals surface area (Å²) in [5.74, 6) is 0. The summed E-state index contributed by atoms with van der Waals surface area (Å²) in [6.07, 6.45) is 0.337. The number of amides is 1. The highest BCUT2D eigenvalue weighted by molar-refractivity contribution is 5.89. The maximum atomic E-state index is 12.1. The molecule has 1 N–H and O–H groups in total. The van der Waals surface area contributed by atoms with Gasteiger partial charge in [0.05, 0.1) is 0 Å².